The van der Waals surface area contributed by atoms with Crippen LogP contribution in [0, 0.1) is 5.92 Å². The fourth-order valence-electron chi connectivity index (χ4n) is 1.07. The van der Waals surface area contributed by atoms with Crippen LogP contribution in [0.5, 0.6) is 0 Å². The highest BCUT2D eigenvalue weighted by molar-refractivity contribution is 5.79. The number of nitrogens with one attached hydrogen (secondary N) is 2. The minimum atomic E-state index is 0.150. The number of ether oxygens (including phenoxy) is 1. The van der Waals surface area contributed by atoms with Crippen LogP contribution in [0.25, 0.3) is 0 Å². The van der Waals surface area contributed by atoms with Crippen LogP contribution in [0.1, 0.15) is 6.42 Å². The number of carbonyl (C=O) groups excluding carboxylic acids is 1. The Balaban J connectivity index is 1.92. The zero-order chi connectivity index (χ0) is 9.52. The van der Waals surface area contributed by atoms with E-state index in [9.17, 15) is 4.79 Å². The van der Waals surface area contributed by atoms with Gasteiger partial charge in [-0.15, -0.1) is 0 Å². The van der Waals surface area contributed by atoms with Gasteiger partial charge in [0.25, 0.3) is 0 Å². The van der Waals surface area contributed by atoms with E-state index < -0.39 is 0 Å². The minimum absolute atomic E-state index is 0.150. The van der Waals surface area contributed by atoms with Gasteiger partial charge in [-0.05, 0) is 6.42 Å². The standard InChI is InChI=1S/C9H16N2O2/c1-2-13-5-3-4-11-9(12)8-6-10-7-8/h2,8,10H,1,3-7H2,(H,11,12). The van der Waals surface area contributed by atoms with Crippen LogP contribution < -0.4 is 10.6 Å². The van der Waals surface area contributed by atoms with Crippen LogP contribution in [0.4, 0.5) is 0 Å². The number of carbonyl (C=O) groups is 1. The van der Waals surface area contributed by atoms with Gasteiger partial charge in [0.2, 0.25) is 5.91 Å². The van der Waals surface area contributed by atoms with Crippen molar-refractivity contribution in [2.24, 2.45) is 5.92 Å². The Morgan fingerprint density at radius 2 is 2.46 bits per heavy atom. The molecule has 0 bridgehead atoms. The lowest BCUT2D eigenvalue weighted by molar-refractivity contribution is -0.126. The second-order valence-electron chi connectivity index (χ2n) is 3.04. The van der Waals surface area contributed by atoms with E-state index >= 15 is 0 Å². The zero-order valence-corrected chi connectivity index (χ0v) is 7.71. The smallest absolute Gasteiger partial charge is 0.225 e. The molecule has 0 aromatic rings. The Hall–Kier alpha value is -1.03. The largest absolute Gasteiger partial charge is 0.502 e. The van der Waals surface area contributed by atoms with Gasteiger partial charge < -0.3 is 15.4 Å². The molecule has 1 aliphatic rings. The van der Waals surface area contributed by atoms with Gasteiger partial charge in [-0.3, -0.25) is 4.79 Å². The Kier molecular flexibility index (Phi) is 4.32. The van der Waals surface area contributed by atoms with Crippen LogP contribution in [0.15, 0.2) is 12.8 Å². The van der Waals surface area contributed by atoms with E-state index in [0.29, 0.717) is 13.2 Å². The molecule has 1 fully saturated rings. The third kappa shape index (κ3) is 3.46. The molecular formula is C9H16N2O2. The summed E-state index contributed by atoms with van der Waals surface area (Å²) in [6.45, 7) is 6.36. The number of amides is 1. The minimum Gasteiger partial charge on any atom is -0.502 e. The molecule has 1 heterocycles. The topological polar surface area (TPSA) is 50.4 Å². The van der Waals surface area contributed by atoms with Crippen molar-refractivity contribution in [1.82, 2.24) is 10.6 Å². The predicted octanol–water partition coefficient (Wildman–Crippen LogP) is -0.128. The summed E-state index contributed by atoms with van der Waals surface area (Å²) < 4.78 is 4.92. The van der Waals surface area contributed by atoms with Crippen LogP contribution >= 0.6 is 0 Å². The van der Waals surface area contributed by atoms with E-state index in [4.69, 9.17) is 4.74 Å². The second kappa shape index (κ2) is 5.59. The normalized spacial score (nSPS) is 16.0. The highest BCUT2D eigenvalue weighted by Gasteiger charge is 2.23. The summed E-state index contributed by atoms with van der Waals surface area (Å²) in [6.07, 6.45) is 2.25. The van der Waals surface area contributed by atoms with Gasteiger partial charge in [0.05, 0.1) is 18.8 Å². The zero-order valence-electron chi connectivity index (χ0n) is 7.71. The van der Waals surface area contributed by atoms with Crippen LogP contribution in [-0.4, -0.2) is 32.1 Å². The van der Waals surface area contributed by atoms with E-state index in [0.717, 1.165) is 19.5 Å². The third-order valence-electron chi connectivity index (χ3n) is 2.01. The molecule has 4 heteroatoms. The number of rotatable bonds is 6. The summed E-state index contributed by atoms with van der Waals surface area (Å²) in [5.74, 6) is 0.331. The van der Waals surface area contributed by atoms with Crippen molar-refractivity contribution in [2.45, 2.75) is 6.42 Å². The molecule has 1 saturated heterocycles. The van der Waals surface area contributed by atoms with Gasteiger partial charge in [-0.25, -0.2) is 0 Å². The average molecular weight is 184 g/mol. The Morgan fingerprint density at radius 3 is 3.00 bits per heavy atom. The van der Waals surface area contributed by atoms with Crippen LogP contribution in [-0.2, 0) is 9.53 Å². The fourth-order valence-corrected chi connectivity index (χ4v) is 1.07. The van der Waals surface area contributed by atoms with Crippen molar-refractivity contribution >= 4 is 5.91 Å². The lowest BCUT2D eigenvalue weighted by atomic mass is 10.0. The molecule has 0 aromatic heterocycles. The monoisotopic (exact) mass is 184 g/mol. The summed E-state index contributed by atoms with van der Waals surface area (Å²) in [5.41, 5.74) is 0. The van der Waals surface area contributed by atoms with E-state index in [1.165, 1.54) is 6.26 Å². The first-order valence-electron chi connectivity index (χ1n) is 4.55. The molecule has 1 aliphatic heterocycles. The summed E-state index contributed by atoms with van der Waals surface area (Å²) in [4.78, 5) is 11.2. The molecule has 0 spiro atoms. The van der Waals surface area contributed by atoms with Gasteiger partial charge in [-0.1, -0.05) is 6.58 Å². The van der Waals surface area contributed by atoms with E-state index in [2.05, 4.69) is 17.2 Å². The van der Waals surface area contributed by atoms with Crippen molar-refractivity contribution in [3.8, 4) is 0 Å². The van der Waals surface area contributed by atoms with E-state index in [1.807, 2.05) is 0 Å². The summed E-state index contributed by atoms with van der Waals surface area (Å²) >= 11 is 0. The van der Waals surface area contributed by atoms with Crippen molar-refractivity contribution < 1.29 is 9.53 Å². The Morgan fingerprint density at radius 1 is 1.69 bits per heavy atom. The molecule has 0 atom stereocenters. The molecular weight excluding hydrogens is 168 g/mol. The molecule has 1 rings (SSSR count). The van der Waals surface area contributed by atoms with E-state index in [-0.39, 0.29) is 11.8 Å². The maximum atomic E-state index is 11.2. The molecule has 74 valence electrons. The van der Waals surface area contributed by atoms with Crippen molar-refractivity contribution in [2.75, 3.05) is 26.2 Å². The second-order valence-corrected chi connectivity index (χ2v) is 3.04. The SMILES string of the molecule is C=COCCCNC(=O)C1CNC1. The maximum absolute atomic E-state index is 11.2. The molecule has 2 N–H and O–H groups in total. The van der Waals surface area contributed by atoms with Gasteiger partial charge >= 0.3 is 0 Å². The molecule has 0 saturated carbocycles. The van der Waals surface area contributed by atoms with Crippen molar-refractivity contribution in [3.63, 3.8) is 0 Å². The quantitative estimate of drug-likeness (QED) is 0.446. The highest BCUT2D eigenvalue weighted by Crippen LogP contribution is 2.01. The van der Waals surface area contributed by atoms with Gasteiger partial charge in [0.1, 0.15) is 0 Å². The summed E-state index contributed by atoms with van der Waals surface area (Å²) in [7, 11) is 0. The van der Waals surface area contributed by atoms with Gasteiger partial charge in [0, 0.05) is 19.6 Å². The predicted molar refractivity (Wildman–Crippen MR) is 50.1 cm³/mol. The first-order chi connectivity index (χ1) is 6.34. The third-order valence-corrected chi connectivity index (χ3v) is 2.01. The van der Waals surface area contributed by atoms with Gasteiger partial charge in [0.15, 0.2) is 0 Å². The maximum Gasteiger partial charge on any atom is 0.225 e. The number of hydrogen-bond donors (Lipinski definition) is 2. The summed E-state index contributed by atoms with van der Waals surface area (Å²) in [6, 6.07) is 0. The molecule has 1 amide bonds. The Labute approximate surface area is 78.3 Å². The molecule has 0 unspecified atom stereocenters. The molecule has 13 heavy (non-hydrogen) atoms. The first-order valence-corrected chi connectivity index (χ1v) is 4.55. The van der Waals surface area contributed by atoms with E-state index in [1.54, 1.807) is 0 Å². The lowest BCUT2D eigenvalue weighted by Crippen LogP contribution is -2.50. The molecule has 4 nitrogen and oxygen atoms in total. The van der Waals surface area contributed by atoms with Crippen molar-refractivity contribution in [1.29, 1.82) is 0 Å². The average Bonchev–Trinajstić information content (AvgIpc) is 2.01. The van der Waals surface area contributed by atoms with Crippen LogP contribution in [0.3, 0.4) is 0 Å². The van der Waals surface area contributed by atoms with Crippen LogP contribution in [0.2, 0.25) is 0 Å². The molecule has 0 radical (unpaired) electrons. The Bertz CT molecular complexity index is 178. The summed E-state index contributed by atoms with van der Waals surface area (Å²) in [5, 5.41) is 5.90. The molecule has 0 aliphatic carbocycles. The molecule has 0 aromatic carbocycles. The fraction of sp³-hybridized carbons (Fsp3) is 0.667. The first kappa shape index (κ1) is 10.1. The van der Waals surface area contributed by atoms with Crippen molar-refractivity contribution in [3.05, 3.63) is 12.8 Å². The highest BCUT2D eigenvalue weighted by atomic mass is 16.5. The number of hydrogen-bond acceptors (Lipinski definition) is 3. The lowest BCUT2D eigenvalue weighted by Gasteiger charge is -2.25. The van der Waals surface area contributed by atoms with Gasteiger partial charge in [-0.2, -0.15) is 0 Å².